The summed E-state index contributed by atoms with van der Waals surface area (Å²) in [5.74, 6) is -1.36. The molecule has 1 heterocycles. The van der Waals surface area contributed by atoms with Crippen LogP contribution in [-0.4, -0.2) is 29.1 Å². The summed E-state index contributed by atoms with van der Waals surface area (Å²) in [6, 6.07) is 13.0. The quantitative estimate of drug-likeness (QED) is 0.723. The maximum atomic E-state index is 12.6. The molecule has 0 radical (unpaired) electrons. The van der Waals surface area contributed by atoms with Crippen molar-refractivity contribution in [3.05, 3.63) is 64.7 Å². The Morgan fingerprint density at radius 3 is 2.69 bits per heavy atom. The Hall–Kier alpha value is -2.41. The van der Waals surface area contributed by atoms with E-state index in [1.165, 1.54) is 6.92 Å². The third-order valence-corrected chi connectivity index (χ3v) is 4.58. The second-order valence-corrected chi connectivity index (χ2v) is 6.52. The fourth-order valence-electron chi connectivity index (χ4n) is 2.91. The molecule has 7 heteroatoms. The predicted molar refractivity (Wildman–Crippen MR) is 98.1 cm³/mol. The van der Waals surface area contributed by atoms with E-state index in [2.05, 4.69) is 10.6 Å². The number of halogens is 1. The van der Waals surface area contributed by atoms with Gasteiger partial charge in [-0.3, -0.25) is 14.9 Å². The summed E-state index contributed by atoms with van der Waals surface area (Å²) >= 11 is 6.34. The summed E-state index contributed by atoms with van der Waals surface area (Å²) in [5.41, 5.74) is 2.09. The Morgan fingerprint density at radius 1 is 1.27 bits per heavy atom. The van der Waals surface area contributed by atoms with Crippen LogP contribution in [0.1, 0.15) is 24.1 Å². The Balaban J connectivity index is 1.91. The van der Waals surface area contributed by atoms with E-state index >= 15 is 0 Å². The van der Waals surface area contributed by atoms with Gasteiger partial charge in [-0.05, 0) is 24.6 Å². The Kier molecular flexibility index (Phi) is 5.56. The van der Waals surface area contributed by atoms with Gasteiger partial charge in [0.05, 0.1) is 12.6 Å². The molecule has 0 saturated heterocycles. The van der Waals surface area contributed by atoms with Gasteiger partial charge in [0.15, 0.2) is 6.10 Å². The van der Waals surface area contributed by atoms with Crippen LogP contribution in [0.2, 0.25) is 5.02 Å². The molecule has 0 spiro atoms. The number of amides is 1. The molecule has 0 bridgehead atoms. The number of carbonyl (C=O) groups is 2. The van der Waals surface area contributed by atoms with Gasteiger partial charge in [0, 0.05) is 16.3 Å². The maximum Gasteiger partial charge on any atom is 0.320 e. The average molecular weight is 375 g/mol. The van der Waals surface area contributed by atoms with Crippen LogP contribution in [0.25, 0.3) is 0 Å². The van der Waals surface area contributed by atoms with Gasteiger partial charge in [0.2, 0.25) is 0 Å². The molecule has 1 aliphatic rings. The fraction of sp³-hybridized carbons (Fsp3) is 0.263. The van der Waals surface area contributed by atoms with E-state index in [1.54, 1.807) is 18.2 Å². The number of carboxylic acid groups (broad SMARTS) is 1. The lowest BCUT2D eigenvalue weighted by atomic mass is 9.94. The average Bonchev–Trinajstić information content (AvgIpc) is 2.61. The SMILES string of the molecule is CC(NC1c2c(Cl)cccc2NC(=O)C1OCc1ccccc1)C(=O)O. The first kappa shape index (κ1) is 18.4. The number of ether oxygens (including phenoxy) is 1. The van der Waals surface area contributed by atoms with Gasteiger partial charge in [-0.25, -0.2) is 0 Å². The van der Waals surface area contributed by atoms with Crippen molar-refractivity contribution < 1.29 is 19.4 Å². The topological polar surface area (TPSA) is 87.7 Å². The highest BCUT2D eigenvalue weighted by molar-refractivity contribution is 6.32. The van der Waals surface area contributed by atoms with Crippen LogP contribution in [0, 0.1) is 0 Å². The first-order valence-corrected chi connectivity index (χ1v) is 8.59. The molecular formula is C19H19ClN2O4. The van der Waals surface area contributed by atoms with Crippen molar-refractivity contribution in [2.45, 2.75) is 31.7 Å². The van der Waals surface area contributed by atoms with Gasteiger partial charge in [-0.15, -0.1) is 0 Å². The minimum Gasteiger partial charge on any atom is -0.480 e. The molecule has 0 saturated carbocycles. The highest BCUT2D eigenvalue weighted by Gasteiger charge is 2.39. The minimum absolute atomic E-state index is 0.221. The molecule has 1 amide bonds. The van der Waals surface area contributed by atoms with E-state index < -0.39 is 24.2 Å². The molecule has 3 rings (SSSR count). The molecule has 2 aromatic carbocycles. The number of aliphatic carboxylic acids is 1. The molecule has 3 N–H and O–H groups in total. The van der Waals surface area contributed by atoms with Crippen LogP contribution < -0.4 is 10.6 Å². The van der Waals surface area contributed by atoms with E-state index in [0.717, 1.165) is 5.56 Å². The number of benzene rings is 2. The highest BCUT2D eigenvalue weighted by Crippen LogP contribution is 2.37. The number of nitrogens with one attached hydrogen (secondary N) is 2. The first-order valence-electron chi connectivity index (χ1n) is 8.21. The smallest absolute Gasteiger partial charge is 0.320 e. The van der Waals surface area contributed by atoms with Crippen molar-refractivity contribution in [3.8, 4) is 0 Å². The van der Waals surface area contributed by atoms with Gasteiger partial charge in [-0.2, -0.15) is 0 Å². The van der Waals surface area contributed by atoms with Crippen LogP contribution in [-0.2, 0) is 20.9 Å². The highest BCUT2D eigenvalue weighted by atomic mass is 35.5. The first-order chi connectivity index (χ1) is 12.5. The van der Waals surface area contributed by atoms with Crippen molar-refractivity contribution in [3.63, 3.8) is 0 Å². The molecular weight excluding hydrogens is 356 g/mol. The lowest BCUT2D eigenvalue weighted by Gasteiger charge is -2.35. The third kappa shape index (κ3) is 3.88. The molecule has 3 unspecified atom stereocenters. The number of hydrogen-bond donors (Lipinski definition) is 3. The van der Waals surface area contributed by atoms with Crippen LogP contribution in [0.5, 0.6) is 0 Å². The maximum absolute atomic E-state index is 12.6. The Bertz CT molecular complexity index is 812. The summed E-state index contributed by atoms with van der Waals surface area (Å²) in [4.78, 5) is 23.9. The zero-order valence-corrected chi connectivity index (χ0v) is 14.9. The van der Waals surface area contributed by atoms with E-state index in [1.807, 2.05) is 30.3 Å². The van der Waals surface area contributed by atoms with Gasteiger partial charge < -0.3 is 15.2 Å². The molecule has 26 heavy (non-hydrogen) atoms. The van der Waals surface area contributed by atoms with E-state index in [-0.39, 0.29) is 12.5 Å². The lowest BCUT2D eigenvalue weighted by Crippen LogP contribution is -2.49. The van der Waals surface area contributed by atoms with E-state index in [4.69, 9.17) is 16.3 Å². The number of rotatable bonds is 6. The zero-order chi connectivity index (χ0) is 18.7. The van der Waals surface area contributed by atoms with Crippen molar-refractivity contribution >= 4 is 29.2 Å². The van der Waals surface area contributed by atoms with Gasteiger partial charge in [0.25, 0.3) is 5.91 Å². The third-order valence-electron chi connectivity index (χ3n) is 4.26. The van der Waals surface area contributed by atoms with Crippen molar-refractivity contribution in [2.24, 2.45) is 0 Å². The molecule has 0 aliphatic carbocycles. The Morgan fingerprint density at radius 2 is 2.00 bits per heavy atom. The van der Waals surface area contributed by atoms with Gasteiger partial charge in [-0.1, -0.05) is 48.0 Å². The summed E-state index contributed by atoms with van der Waals surface area (Å²) in [6.07, 6.45) is -0.913. The normalized spacial score (nSPS) is 20.2. The summed E-state index contributed by atoms with van der Waals surface area (Å²) in [6.45, 7) is 1.73. The van der Waals surface area contributed by atoms with Gasteiger partial charge in [0.1, 0.15) is 6.04 Å². The van der Waals surface area contributed by atoms with E-state index in [0.29, 0.717) is 16.3 Å². The number of hydrogen-bond acceptors (Lipinski definition) is 4. The number of fused-ring (bicyclic) bond motifs is 1. The largest absolute Gasteiger partial charge is 0.480 e. The second kappa shape index (κ2) is 7.86. The molecule has 1 aliphatic heterocycles. The lowest BCUT2D eigenvalue weighted by molar-refractivity contribution is -0.141. The second-order valence-electron chi connectivity index (χ2n) is 6.11. The summed E-state index contributed by atoms with van der Waals surface area (Å²) in [7, 11) is 0. The number of anilines is 1. The predicted octanol–water partition coefficient (Wildman–Crippen LogP) is 2.98. The van der Waals surface area contributed by atoms with Crippen LogP contribution in [0.4, 0.5) is 5.69 Å². The van der Waals surface area contributed by atoms with Gasteiger partial charge >= 0.3 is 5.97 Å². The van der Waals surface area contributed by atoms with Crippen LogP contribution >= 0.6 is 11.6 Å². The minimum atomic E-state index is -1.02. The molecule has 3 atom stereocenters. The summed E-state index contributed by atoms with van der Waals surface area (Å²) < 4.78 is 5.86. The van der Waals surface area contributed by atoms with Crippen molar-refractivity contribution in [1.82, 2.24) is 5.32 Å². The molecule has 2 aromatic rings. The monoisotopic (exact) mass is 374 g/mol. The fourth-order valence-corrected chi connectivity index (χ4v) is 3.20. The molecule has 0 aromatic heterocycles. The summed E-state index contributed by atoms with van der Waals surface area (Å²) in [5, 5.41) is 15.4. The Labute approximate surface area is 156 Å². The molecule has 6 nitrogen and oxygen atoms in total. The molecule has 136 valence electrons. The number of carbonyl (C=O) groups excluding carboxylic acids is 1. The standard InChI is InChI=1S/C19H19ClN2O4/c1-11(19(24)25)21-16-15-13(20)8-5-9-14(15)22-18(23)17(16)26-10-12-6-3-2-4-7-12/h2-9,11,16-17,21H,10H2,1H3,(H,22,23)(H,24,25). The van der Waals surface area contributed by atoms with Crippen LogP contribution in [0.15, 0.2) is 48.5 Å². The number of carboxylic acids is 1. The zero-order valence-electron chi connectivity index (χ0n) is 14.1. The van der Waals surface area contributed by atoms with Crippen LogP contribution in [0.3, 0.4) is 0 Å². The van der Waals surface area contributed by atoms with E-state index in [9.17, 15) is 14.7 Å². The van der Waals surface area contributed by atoms with Crippen molar-refractivity contribution in [2.75, 3.05) is 5.32 Å². The molecule has 0 fully saturated rings. The van der Waals surface area contributed by atoms with Crippen molar-refractivity contribution in [1.29, 1.82) is 0 Å².